The summed E-state index contributed by atoms with van der Waals surface area (Å²) in [5.41, 5.74) is 1.54. The van der Waals surface area contributed by atoms with Gasteiger partial charge in [0.2, 0.25) is 18.6 Å². The number of hydrogen-bond donors (Lipinski definition) is 2. The molecule has 2 amide bonds. The first-order chi connectivity index (χ1) is 13.7. The fourth-order valence-corrected chi connectivity index (χ4v) is 4.05. The van der Waals surface area contributed by atoms with E-state index in [2.05, 4.69) is 15.5 Å². The van der Waals surface area contributed by atoms with Crippen molar-refractivity contribution in [1.29, 1.82) is 0 Å². The van der Waals surface area contributed by atoms with E-state index >= 15 is 0 Å². The molecule has 2 aromatic heterocycles. The number of amides is 2. The van der Waals surface area contributed by atoms with E-state index in [9.17, 15) is 9.59 Å². The average molecular weight is 396 g/mol. The van der Waals surface area contributed by atoms with Crippen molar-refractivity contribution in [2.45, 2.75) is 6.42 Å². The molecule has 0 radical (unpaired) electrons. The van der Waals surface area contributed by atoms with Crippen LogP contribution in [0.25, 0.3) is 10.6 Å². The molecule has 28 heavy (non-hydrogen) atoms. The Morgan fingerprint density at radius 3 is 3.00 bits per heavy atom. The molecule has 0 bridgehead atoms. The number of nitrogens with one attached hydrogen (secondary N) is 2. The van der Waals surface area contributed by atoms with E-state index in [-0.39, 0.29) is 25.0 Å². The third kappa shape index (κ3) is 2.99. The van der Waals surface area contributed by atoms with Crippen LogP contribution < -0.4 is 19.7 Å². The van der Waals surface area contributed by atoms with Crippen molar-refractivity contribution < 1.29 is 19.1 Å². The number of rotatable bonds is 4. The Morgan fingerprint density at radius 2 is 2.14 bits per heavy atom. The third-order valence-corrected chi connectivity index (χ3v) is 5.68. The predicted octanol–water partition coefficient (Wildman–Crippen LogP) is 2.86. The fraction of sp³-hybridized carbons (Fsp3) is 0.211. The number of H-pyrrole nitrogens is 1. The lowest BCUT2D eigenvalue weighted by Crippen LogP contribution is -2.28. The Balaban J connectivity index is 1.27. The van der Waals surface area contributed by atoms with Gasteiger partial charge in [-0.3, -0.25) is 14.7 Å². The van der Waals surface area contributed by atoms with Gasteiger partial charge in [-0.2, -0.15) is 5.10 Å². The van der Waals surface area contributed by atoms with E-state index in [0.717, 1.165) is 10.6 Å². The number of thiophene rings is 1. The van der Waals surface area contributed by atoms with E-state index in [4.69, 9.17) is 9.47 Å². The molecule has 1 fully saturated rings. The highest BCUT2D eigenvalue weighted by Gasteiger charge is 2.36. The molecule has 1 atom stereocenters. The molecule has 1 saturated heterocycles. The van der Waals surface area contributed by atoms with Crippen LogP contribution in [0.2, 0.25) is 0 Å². The second-order valence-electron chi connectivity index (χ2n) is 6.58. The molecular formula is C19H16N4O4S. The molecule has 0 saturated carbocycles. The van der Waals surface area contributed by atoms with Gasteiger partial charge in [0.05, 0.1) is 16.5 Å². The standard InChI is InChI=1S/C19H16N4O4S/c24-18-6-11(9-23(18)12-3-4-14-15(7-12)27-10-26-14)19(25)20-17-8-13(21-22-17)16-2-1-5-28-16/h1-5,7-8,11H,6,9-10H2,(H2,20,21,22,25). The molecule has 1 unspecified atom stereocenters. The number of ether oxygens (including phenoxy) is 2. The van der Waals surface area contributed by atoms with Gasteiger partial charge >= 0.3 is 0 Å². The van der Waals surface area contributed by atoms with Gasteiger partial charge in [-0.05, 0) is 23.6 Å². The summed E-state index contributed by atoms with van der Waals surface area (Å²) in [4.78, 5) is 27.7. The molecule has 0 spiro atoms. The summed E-state index contributed by atoms with van der Waals surface area (Å²) in [5.74, 6) is 0.948. The fourth-order valence-electron chi connectivity index (χ4n) is 3.36. The van der Waals surface area contributed by atoms with Crippen molar-refractivity contribution >= 4 is 34.7 Å². The first kappa shape index (κ1) is 16.8. The number of anilines is 2. The number of fused-ring (bicyclic) bond motifs is 1. The quantitative estimate of drug-likeness (QED) is 0.707. The maximum Gasteiger partial charge on any atom is 0.231 e. The lowest BCUT2D eigenvalue weighted by atomic mass is 10.1. The molecule has 3 aromatic rings. The number of benzene rings is 1. The topological polar surface area (TPSA) is 96.5 Å². The molecule has 2 aliphatic heterocycles. The van der Waals surface area contributed by atoms with Crippen LogP contribution in [0.15, 0.2) is 41.8 Å². The second kappa shape index (κ2) is 6.68. The molecule has 4 heterocycles. The van der Waals surface area contributed by atoms with Crippen molar-refractivity contribution in [2.75, 3.05) is 23.6 Å². The van der Waals surface area contributed by atoms with Gasteiger partial charge in [-0.25, -0.2) is 0 Å². The van der Waals surface area contributed by atoms with Crippen LogP contribution in [0.1, 0.15) is 6.42 Å². The summed E-state index contributed by atoms with van der Waals surface area (Å²) in [7, 11) is 0. The minimum atomic E-state index is -0.445. The number of carbonyl (C=O) groups excluding carboxylic acids is 2. The normalized spacial score (nSPS) is 17.9. The molecule has 8 nitrogen and oxygen atoms in total. The Bertz CT molecular complexity index is 1050. The van der Waals surface area contributed by atoms with E-state index in [1.54, 1.807) is 40.5 Å². The molecule has 9 heteroatoms. The first-order valence-corrected chi connectivity index (χ1v) is 9.65. The average Bonchev–Trinajstić information content (AvgIpc) is 3.47. The molecule has 0 aliphatic carbocycles. The Hall–Kier alpha value is -3.33. The minimum absolute atomic E-state index is 0.0969. The molecule has 2 N–H and O–H groups in total. The maximum absolute atomic E-state index is 12.6. The van der Waals surface area contributed by atoms with Gasteiger partial charge < -0.3 is 19.7 Å². The van der Waals surface area contributed by atoms with Crippen LogP contribution >= 0.6 is 11.3 Å². The van der Waals surface area contributed by atoms with Gasteiger partial charge in [0.15, 0.2) is 17.3 Å². The van der Waals surface area contributed by atoms with Gasteiger partial charge in [0.25, 0.3) is 0 Å². The van der Waals surface area contributed by atoms with E-state index in [0.29, 0.717) is 29.5 Å². The van der Waals surface area contributed by atoms with Gasteiger partial charge in [-0.1, -0.05) is 6.07 Å². The van der Waals surface area contributed by atoms with Crippen molar-refractivity contribution in [3.05, 3.63) is 41.8 Å². The number of aromatic amines is 1. The summed E-state index contributed by atoms with van der Waals surface area (Å²) >= 11 is 1.59. The number of carbonyl (C=O) groups is 2. The van der Waals surface area contributed by atoms with Crippen molar-refractivity contribution in [3.63, 3.8) is 0 Å². The van der Waals surface area contributed by atoms with E-state index in [1.807, 2.05) is 17.5 Å². The van der Waals surface area contributed by atoms with Crippen molar-refractivity contribution in [1.82, 2.24) is 10.2 Å². The highest BCUT2D eigenvalue weighted by molar-refractivity contribution is 7.13. The molecule has 5 rings (SSSR count). The molecule has 142 valence electrons. The third-order valence-electron chi connectivity index (χ3n) is 4.78. The largest absolute Gasteiger partial charge is 0.454 e. The van der Waals surface area contributed by atoms with Gasteiger partial charge in [0.1, 0.15) is 0 Å². The van der Waals surface area contributed by atoms with Crippen molar-refractivity contribution in [2.24, 2.45) is 5.92 Å². The summed E-state index contributed by atoms with van der Waals surface area (Å²) < 4.78 is 10.7. The molecular weight excluding hydrogens is 380 g/mol. The summed E-state index contributed by atoms with van der Waals surface area (Å²) in [5, 5.41) is 11.8. The summed E-state index contributed by atoms with van der Waals surface area (Å²) in [6.07, 6.45) is 0.155. The lowest BCUT2D eigenvalue weighted by molar-refractivity contribution is -0.122. The highest BCUT2D eigenvalue weighted by atomic mass is 32.1. The van der Waals surface area contributed by atoms with Crippen LogP contribution in [-0.2, 0) is 9.59 Å². The Morgan fingerprint density at radius 1 is 1.25 bits per heavy atom. The summed E-state index contributed by atoms with van der Waals surface area (Å²) in [6.45, 7) is 0.488. The van der Waals surface area contributed by atoms with Crippen LogP contribution in [0, 0.1) is 5.92 Å². The maximum atomic E-state index is 12.6. The monoisotopic (exact) mass is 396 g/mol. The zero-order valence-electron chi connectivity index (χ0n) is 14.7. The number of aromatic nitrogens is 2. The summed E-state index contributed by atoms with van der Waals surface area (Å²) in [6, 6.07) is 11.1. The first-order valence-electron chi connectivity index (χ1n) is 8.77. The number of nitrogens with zero attached hydrogens (tertiary/aromatic N) is 2. The van der Waals surface area contributed by atoms with Crippen LogP contribution in [0.5, 0.6) is 11.5 Å². The van der Waals surface area contributed by atoms with Crippen LogP contribution in [0.4, 0.5) is 11.5 Å². The molecule has 2 aliphatic rings. The van der Waals surface area contributed by atoms with E-state index < -0.39 is 5.92 Å². The number of hydrogen-bond acceptors (Lipinski definition) is 6. The smallest absolute Gasteiger partial charge is 0.231 e. The predicted molar refractivity (Wildman–Crippen MR) is 104 cm³/mol. The lowest BCUT2D eigenvalue weighted by Gasteiger charge is -2.17. The van der Waals surface area contributed by atoms with Gasteiger partial charge in [0, 0.05) is 30.8 Å². The SMILES string of the molecule is O=C(Nc1cc(-c2cccs2)[nH]n1)C1CC(=O)N(c2ccc3c(c2)OCO3)C1. The zero-order valence-corrected chi connectivity index (χ0v) is 15.5. The minimum Gasteiger partial charge on any atom is -0.454 e. The highest BCUT2D eigenvalue weighted by Crippen LogP contribution is 2.37. The zero-order chi connectivity index (χ0) is 19.1. The molecule has 1 aromatic carbocycles. The second-order valence-corrected chi connectivity index (χ2v) is 7.52. The van der Waals surface area contributed by atoms with E-state index in [1.165, 1.54) is 0 Å². The van der Waals surface area contributed by atoms with Gasteiger partial charge in [-0.15, -0.1) is 11.3 Å². The van der Waals surface area contributed by atoms with Crippen LogP contribution in [0.3, 0.4) is 0 Å². The Labute approximate surface area is 164 Å². The van der Waals surface area contributed by atoms with Crippen molar-refractivity contribution in [3.8, 4) is 22.1 Å². The Kier molecular flexibility index (Phi) is 4.01. The van der Waals surface area contributed by atoms with Crippen LogP contribution in [-0.4, -0.2) is 35.3 Å².